The van der Waals surface area contributed by atoms with Gasteiger partial charge in [-0.1, -0.05) is 0 Å². The minimum absolute atomic E-state index is 0.0573. The molecule has 0 spiro atoms. The number of hydrogen-bond donors (Lipinski definition) is 0. The predicted molar refractivity (Wildman–Crippen MR) is 103 cm³/mol. The number of rotatable bonds is 5. The van der Waals surface area contributed by atoms with Crippen molar-refractivity contribution < 1.29 is 27.1 Å². The zero-order valence-corrected chi connectivity index (χ0v) is 16.5. The van der Waals surface area contributed by atoms with Crippen molar-refractivity contribution in [1.29, 1.82) is 0 Å². The summed E-state index contributed by atoms with van der Waals surface area (Å²) < 4.78 is 50.7. The Morgan fingerprint density at radius 1 is 0.966 bits per heavy atom. The molecule has 0 atom stereocenters. The molecule has 2 aliphatic rings. The number of carbonyl (C=O) groups is 1. The lowest BCUT2D eigenvalue weighted by atomic mass is 10.1. The van der Waals surface area contributed by atoms with Crippen LogP contribution < -0.4 is 9.47 Å². The Morgan fingerprint density at radius 2 is 1.72 bits per heavy atom. The second-order valence-electron chi connectivity index (χ2n) is 6.98. The van der Waals surface area contributed by atoms with Gasteiger partial charge >= 0.3 is 0 Å². The largest absolute Gasteiger partial charge is 0.454 e. The molecule has 0 bridgehead atoms. The van der Waals surface area contributed by atoms with Gasteiger partial charge in [-0.2, -0.15) is 4.31 Å². The topological polar surface area (TPSA) is 76.2 Å². The van der Waals surface area contributed by atoms with E-state index in [1.807, 2.05) is 4.90 Å². The standard InChI is InChI=1S/C20H21FN2O5S/c21-16-3-5-17(6-4-16)29(25,26)23-9-1-8-22(10-11-23)13-18(24)15-2-7-19-20(12-15)28-14-27-19/h2-7,12H,1,8-11,13-14H2. The van der Waals surface area contributed by atoms with Crippen molar-refractivity contribution in [1.82, 2.24) is 9.21 Å². The highest BCUT2D eigenvalue weighted by Gasteiger charge is 2.27. The zero-order chi connectivity index (χ0) is 20.4. The second kappa shape index (κ2) is 8.10. The summed E-state index contributed by atoms with van der Waals surface area (Å²) in [4.78, 5) is 14.7. The van der Waals surface area contributed by atoms with Crippen LogP contribution in [0.4, 0.5) is 4.39 Å². The van der Waals surface area contributed by atoms with Crippen LogP contribution in [-0.2, 0) is 10.0 Å². The molecule has 1 fully saturated rings. The van der Waals surface area contributed by atoms with Gasteiger partial charge in [-0.15, -0.1) is 0 Å². The van der Waals surface area contributed by atoms with Crippen LogP contribution in [0, 0.1) is 5.82 Å². The molecule has 29 heavy (non-hydrogen) atoms. The number of ketones is 1. The highest BCUT2D eigenvalue weighted by atomic mass is 32.2. The number of nitrogens with zero attached hydrogens (tertiary/aromatic N) is 2. The Hall–Kier alpha value is -2.49. The van der Waals surface area contributed by atoms with Crippen molar-refractivity contribution in [2.75, 3.05) is 39.5 Å². The lowest BCUT2D eigenvalue weighted by molar-refractivity contribution is 0.0934. The molecule has 2 aromatic carbocycles. The SMILES string of the molecule is O=C(CN1CCCN(S(=O)(=O)c2ccc(F)cc2)CC1)c1ccc2c(c1)OCO2. The smallest absolute Gasteiger partial charge is 0.243 e. The van der Waals surface area contributed by atoms with Crippen LogP contribution in [0.25, 0.3) is 0 Å². The summed E-state index contributed by atoms with van der Waals surface area (Å²) in [5, 5.41) is 0. The van der Waals surface area contributed by atoms with Crippen molar-refractivity contribution in [3.05, 3.63) is 53.8 Å². The molecule has 4 rings (SSSR count). The lowest BCUT2D eigenvalue weighted by Crippen LogP contribution is -2.36. The first-order chi connectivity index (χ1) is 13.9. The zero-order valence-electron chi connectivity index (χ0n) is 15.7. The van der Waals surface area contributed by atoms with Crippen molar-refractivity contribution in [3.63, 3.8) is 0 Å². The minimum atomic E-state index is -3.69. The molecule has 0 aromatic heterocycles. The molecular formula is C20H21FN2O5S. The fraction of sp³-hybridized carbons (Fsp3) is 0.350. The molecule has 0 unspecified atom stereocenters. The maximum Gasteiger partial charge on any atom is 0.243 e. The third-order valence-electron chi connectivity index (χ3n) is 5.06. The first kappa shape index (κ1) is 19.8. The van der Waals surface area contributed by atoms with Crippen LogP contribution in [0.5, 0.6) is 11.5 Å². The first-order valence-electron chi connectivity index (χ1n) is 9.34. The average molecular weight is 420 g/mol. The molecule has 0 amide bonds. The maximum atomic E-state index is 13.1. The maximum absolute atomic E-state index is 13.1. The van der Waals surface area contributed by atoms with Crippen LogP contribution in [-0.4, -0.2) is 62.9 Å². The summed E-state index contributed by atoms with van der Waals surface area (Å²) in [6.45, 7) is 2.03. The summed E-state index contributed by atoms with van der Waals surface area (Å²) in [5.74, 6) is 0.646. The third-order valence-corrected chi connectivity index (χ3v) is 6.97. The first-order valence-corrected chi connectivity index (χ1v) is 10.8. The molecule has 2 aliphatic heterocycles. The number of carbonyl (C=O) groups excluding carboxylic acids is 1. The molecule has 2 heterocycles. The van der Waals surface area contributed by atoms with Gasteiger partial charge in [0.2, 0.25) is 16.8 Å². The number of benzene rings is 2. The van der Waals surface area contributed by atoms with E-state index in [2.05, 4.69) is 0 Å². The Morgan fingerprint density at radius 3 is 2.52 bits per heavy atom. The third kappa shape index (κ3) is 4.26. The highest BCUT2D eigenvalue weighted by Crippen LogP contribution is 2.32. The number of halogens is 1. The van der Waals surface area contributed by atoms with Crippen molar-refractivity contribution >= 4 is 15.8 Å². The van der Waals surface area contributed by atoms with E-state index >= 15 is 0 Å². The Bertz CT molecular complexity index is 1010. The summed E-state index contributed by atoms with van der Waals surface area (Å²) in [6, 6.07) is 9.93. The molecule has 7 nitrogen and oxygen atoms in total. The lowest BCUT2D eigenvalue weighted by Gasteiger charge is -2.21. The Labute approximate surface area is 168 Å². The number of fused-ring (bicyclic) bond motifs is 1. The molecule has 0 aliphatic carbocycles. The van der Waals surface area contributed by atoms with E-state index in [0.29, 0.717) is 43.1 Å². The summed E-state index contributed by atoms with van der Waals surface area (Å²) >= 11 is 0. The predicted octanol–water partition coefficient (Wildman–Crippen LogP) is 2.13. The van der Waals surface area contributed by atoms with Crippen molar-refractivity contribution in [2.45, 2.75) is 11.3 Å². The van der Waals surface area contributed by atoms with Crippen molar-refractivity contribution in [3.8, 4) is 11.5 Å². The fourth-order valence-electron chi connectivity index (χ4n) is 3.47. The van der Waals surface area contributed by atoms with E-state index < -0.39 is 15.8 Å². The van der Waals surface area contributed by atoms with Gasteiger partial charge in [-0.05, 0) is 55.4 Å². The van der Waals surface area contributed by atoms with E-state index in [1.165, 1.54) is 16.4 Å². The monoisotopic (exact) mass is 420 g/mol. The molecule has 1 saturated heterocycles. The summed E-state index contributed by atoms with van der Waals surface area (Å²) in [6.07, 6.45) is 0.606. The normalized spacial score (nSPS) is 17.8. The van der Waals surface area contributed by atoms with Crippen molar-refractivity contribution in [2.24, 2.45) is 0 Å². The Balaban J connectivity index is 1.40. The van der Waals surface area contributed by atoms with Crippen LogP contribution in [0.3, 0.4) is 0 Å². The van der Waals surface area contributed by atoms with Gasteiger partial charge < -0.3 is 9.47 Å². The molecule has 154 valence electrons. The van der Waals surface area contributed by atoms with Crippen LogP contribution in [0.2, 0.25) is 0 Å². The number of Topliss-reactive ketones (excluding diaryl/α,β-unsaturated/α-hetero) is 1. The molecule has 0 N–H and O–H groups in total. The van der Waals surface area contributed by atoms with Crippen LogP contribution in [0.15, 0.2) is 47.4 Å². The van der Waals surface area contributed by atoms with E-state index in [-0.39, 0.29) is 30.6 Å². The fourth-order valence-corrected chi connectivity index (χ4v) is 4.94. The van der Waals surface area contributed by atoms with E-state index in [4.69, 9.17) is 9.47 Å². The van der Waals surface area contributed by atoms with Gasteiger partial charge in [-0.3, -0.25) is 9.69 Å². The number of ether oxygens (including phenoxy) is 2. The van der Waals surface area contributed by atoms with Crippen LogP contribution in [0.1, 0.15) is 16.8 Å². The highest BCUT2D eigenvalue weighted by molar-refractivity contribution is 7.89. The summed E-state index contributed by atoms with van der Waals surface area (Å²) in [5.41, 5.74) is 0.536. The van der Waals surface area contributed by atoms with E-state index in [0.717, 1.165) is 12.1 Å². The van der Waals surface area contributed by atoms with E-state index in [9.17, 15) is 17.6 Å². The van der Waals surface area contributed by atoms with Crippen LogP contribution >= 0.6 is 0 Å². The number of hydrogen-bond acceptors (Lipinski definition) is 6. The van der Waals surface area contributed by atoms with Gasteiger partial charge in [-0.25, -0.2) is 12.8 Å². The Kier molecular flexibility index (Phi) is 5.53. The molecule has 9 heteroatoms. The number of sulfonamides is 1. The van der Waals surface area contributed by atoms with Gasteiger partial charge in [0.15, 0.2) is 17.3 Å². The molecule has 0 radical (unpaired) electrons. The minimum Gasteiger partial charge on any atom is -0.454 e. The quantitative estimate of drug-likeness (QED) is 0.690. The summed E-state index contributed by atoms with van der Waals surface area (Å²) in [7, 11) is -3.69. The van der Waals surface area contributed by atoms with Gasteiger partial charge in [0.25, 0.3) is 0 Å². The van der Waals surface area contributed by atoms with Gasteiger partial charge in [0.05, 0.1) is 11.4 Å². The molecular weight excluding hydrogens is 399 g/mol. The molecule has 2 aromatic rings. The second-order valence-corrected chi connectivity index (χ2v) is 8.92. The van der Waals surface area contributed by atoms with E-state index in [1.54, 1.807) is 18.2 Å². The average Bonchev–Trinajstić information content (AvgIpc) is 3.05. The van der Waals surface area contributed by atoms with Gasteiger partial charge in [0, 0.05) is 25.2 Å². The molecule has 0 saturated carbocycles. The van der Waals surface area contributed by atoms with Gasteiger partial charge in [0.1, 0.15) is 5.82 Å².